The number of nitrogens with one attached hydrogen (secondary N) is 1. The molecule has 0 fully saturated rings. The topological polar surface area (TPSA) is 75.7 Å². The lowest BCUT2D eigenvalue weighted by Crippen LogP contribution is -2.41. The molecule has 2 aromatic rings. The molecule has 0 radical (unpaired) electrons. The number of carbonyl (C=O) groups excluding carboxylic acids is 1. The fraction of sp³-hybridized carbons (Fsp3) is 0.409. The van der Waals surface area contributed by atoms with E-state index in [4.69, 9.17) is 4.74 Å². The molecule has 8 heteroatoms. The van der Waals surface area contributed by atoms with Crippen molar-refractivity contribution in [3.63, 3.8) is 0 Å². The Morgan fingerprint density at radius 3 is 2.30 bits per heavy atom. The van der Waals surface area contributed by atoms with Crippen LogP contribution in [0, 0.1) is 6.92 Å². The average Bonchev–Trinajstić information content (AvgIpc) is 2.72. The first kappa shape index (κ1) is 24.2. The predicted molar refractivity (Wildman–Crippen MR) is 123 cm³/mol. The number of aryl methyl sites for hydroxylation is 1. The van der Waals surface area contributed by atoms with Gasteiger partial charge in [0.15, 0.2) is 0 Å². The molecule has 0 atom stereocenters. The summed E-state index contributed by atoms with van der Waals surface area (Å²) in [4.78, 5) is 13.6. The second kappa shape index (κ2) is 11.4. The average molecular weight is 451 g/mol. The third kappa shape index (κ3) is 7.04. The highest BCUT2D eigenvalue weighted by molar-refractivity contribution is 7.98. The van der Waals surface area contributed by atoms with E-state index in [-0.39, 0.29) is 23.5 Å². The fourth-order valence-electron chi connectivity index (χ4n) is 2.71. The Morgan fingerprint density at radius 2 is 1.73 bits per heavy atom. The zero-order chi connectivity index (χ0) is 22.1. The number of nitrogens with zero attached hydrogens (tertiary/aromatic N) is 1. The fourth-order valence-corrected chi connectivity index (χ4v) is 4.54. The third-order valence-corrected chi connectivity index (χ3v) is 6.88. The highest BCUT2D eigenvalue weighted by Crippen LogP contribution is 2.25. The van der Waals surface area contributed by atoms with Crippen LogP contribution in [0.2, 0.25) is 0 Å². The quantitative estimate of drug-likeness (QED) is 0.416. The van der Waals surface area contributed by atoms with Gasteiger partial charge < -0.3 is 10.1 Å². The third-order valence-electron chi connectivity index (χ3n) is 4.35. The van der Waals surface area contributed by atoms with Crippen molar-refractivity contribution in [2.45, 2.75) is 43.1 Å². The molecule has 0 spiro atoms. The smallest absolute Gasteiger partial charge is 0.264 e. The second-order valence-electron chi connectivity index (χ2n) is 7.15. The Morgan fingerprint density at radius 1 is 1.10 bits per heavy atom. The molecule has 0 heterocycles. The van der Waals surface area contributed by atoms with Crippen molar-refractivity contribution in [1.29, 1.82) is 0 Å². The van der Waals surface area contributed by atoms with Gasteiger partial charge in [0.1, 0.15) is 6.54 Å². The molecule has 0 aliphatic carbocycles. The lowest BCUT2D eigenvalue weighted by Gasteiger charge is -2.24. The van der Waals surface area contributed by atoms with Crippen molar-refractivity contribution >= 4 is 33.4 Å². The summed E-state index contributed by atoms with van der Waals surface area (Å²) in [6.45, 7) is 6.51. The molecule has 0 aliphatic rings. The Balaban J connectivity index is 2.18. The minimum absolute atomic E-state index is 0.139. The maximum absolute atomic E-state index is 13.3. The second-order valence-corrected chi connectivity index (χ2v) is 9.89. The van der Waals surface area contributed by atoms with Crippen LogP contribution < -0.4 is 9.62 Å². The van der Waals surface area contributed by atoms with E-state index >= 15 is 0 Å². The van der Waals surface area contributed by atoms with E-state index in [0.29, 0.717) is 25.3 Å². The predicted octanol–water partition coefficient (Wildman–Crippen LogP) is 3.84. The maximum Gasteiger partial charge on any atom is 0.264 e. The van der Waals surface area contributed by atoms with Crippen LogP contribution in [-0.4, -0.2) is 46.4 Å². The van der Waals surface area contributed by atoms with Gasteiger partial charge in [0.2, 0.25) is 5.91 Å². The maximum atomic E-state index is 13.3. The van der Waals surface area contributed by atoms with Gasteiger partial charge in [-0.1, -0.05) is 17.7 Å². The molecule has 0 saturated heterocycles. The molecule has 164 valence electrons. The molecule has 2 aromatic carbocycles. The molecular formula is C22H30N2O4S2. The van der Waals surface area contributed by atoms with E-state index in [1.807, 2.05) is 39.2 Å². The van der Waals surface area contributed by atoms with Gasteiger partial charge in [0, 0.05) is 18.0 Å². The lowest BCUT2D eigenvalue weighted by atomic mass is 10.2. The molecule has 0 aliphatic heterocycles. The molecule has 0 unspecified atom stereocenters. The first-order valence-electron chi connectivity index (χ1n) is 9.86. The zero-order valence-electron chi connectivity index (χ0n) is 17.9. The summed E-state index contributed by atoms with van der Waals surface area (Å²) in [7, 11) is -3.89. The summed E-state index contributed by atoms with van der Waals surface area (Å²) in [5.74, 6) is -0.357. The van der Waals surface area contributed by atoms with Crippen LogP contribution in [0.15, 0.2) is 58.3 Å². The Kier molecular flexibility index (Phi) is 9.20. The van der Waals surface area contributed by atoms with E-state index in [1.165, 1.54) is 11.8 Å². The number of rotatable bonds is 11. The van der Waals surface area contributed by atoms with Crippen molar-refractivity contribution in [3.05, 3.63) is 54.1 Å². The van der Waals surface area contributed by atoms with E-state index < -0.39 is 10.0 Å². The van der Waals surface area contributed by atoms with E-state index in [9.17, 15) is 13.2 Å². The van der Waals surface area contributed by atoms with Gasteiger partial charge in [-0.2, -0.15) is 0 Å². The number of benzene rings is 2. The number of hydrogen-bond donors (Lipinski definition) is 1. The van der Waals surface area contributed by atoms with Gasteiger partial charge in [-0.3, -0.25) is 9.10 Å². The largest absolute Gasteiger partial charge is 0.379 e. The highest BCUT2D eigenvalue weighted by atomic mass is 32.2. The minimum Gasteiger partial charge on any atom is -0.379 e. The SMILES string of the molecule is CSc1ccc(S(=O)(=O)N(CC(=O)NCCCOC(C)C)c2ccc(C)cc2)cc1. The summed E-state index contributed by atoms with van der Waals surface area (Å²) >= 11 is 1.54. The number of thioether (sulfide) groups is 1. The number of ether oxygens (including phenoxy) is 1. The highest BCUT2D eigenvalue weighted by Gasteiger charge is 2.27. The molecule has 1 amide bonds. The molecule has 1 N–H and O–H groups in total. The Labute approximate surface area is 184 Å². The van der Waals surface area contributed by atoms with Gasteiger partial charge >= 0.3 is 0 Å². The summed E-state index contributed by atoms with van der Waals surface area (Å²) in [6.07, 6.45) is 2.73. The number of hydrogen-bond acceptors (Lipinski definition) is 5. The molecule has 0 bridgehead atoms. The molecule has 2 rings (SSSR count). The van der Waals surface area contributed by atoms with Crippen molar-refractivity contribution in [1.82, 2.24) is 5.32 Å². The van der Waals surface area contributed by atoms with Crippen molar-refractivity contribution in [2.24, 2.45) is 0 Å². The van der Waals surface area contributed by atoms with Gasteiger partial charge in [-0.05, 0) is 69.8 Å². The van der Waals surface area contributed by atoms with Crippen LogP contribution in [0.4, 0.5) is 5.69 Å². The monoisotopic (exact) mass is 450 g/mol. The zero-order valence-corrected chi connectivity index (χ0v) is 19.6. The van der Waals surface area contributed by atoms with Gasteiger partial charge in [-0.25, -0.2) is 8.42 Å². The summed E-state index contributed by atoms with van der Waals surface area (Å²) in [6, 6.07) is 13.8. The molecule has 0 saturated carbocycles. The van der Waals surface area contributed by atoms with Crippen LogP contribution in [-0.2, 0) is 19.6 Å². The number of anilines is 1. The van der Waals surface area contributed by atoms with Crippen LogP contribution >= 0.6 is 11.8 Å². The van der Waals surface area contributed by atoms with Crippen molar-refractivity contribution in [2.75, 3.05) is 30.3 Å². The number of amides is 1. The number of carbonyl (C=O) groups is 1. The molecule has 6 nitrogen and oxygen atoms in total. The van der Waals surface area contributed by atoms with Crippen LogP contribution in [0.5, 0.6) is 0 Å². The number of sulfonamides is 1. The van der Waals surface area contributed by atoms with E-state index in [0.717, 1.165) is 14.8 Å². The molecule has 0 aromatic heterocycles. The first-order valence-corrected chi connectivity index (χ1v) is 12.5. The minimum atomic E-state index is -3.89. The summed E-state index contributed by atoms with van der Waals surface area (Å²) < 4.78 is 33.3. The molecule has 30 heavy (non-hydrogen) atoms. The van der Waals surface area contributed by atoms with Crippen LogP contribution in [0.25, 0.3) is 0 Å². The standard InChI is InChI=1S/C22H30N2O4S2/c1-17(2)28-15-5-14-23-22(25)16-24(19-8-6-18(3)7-9-19)30(26,27)21-12-10-20(29-4)11-13-21/h6-13,17H,5,14-16H2,1-4H3,(H,23,25). The van der Waals surface area contributed by atoms with Crippen LogP contribution in [0.1, 0.15) is 25.8 Å². The van der Waals surface area contributed by atoms with Crippen molar-refractivity contribution in [3.8, 4) is 0 Å². The Hall–Kier alpha value is -2.03. The van der Waals surface area contributed by atoms with Crippen LogP contribution in [0.3, 0.4) is 0 Å². The lowest BCUT2D eigenvalue weighted by molar-refractivity contribution is -0.119. The molecular weight excluding hydrogens is 420 g/mol. The normalized spacial score (nSPS) is 11.5. The van der Waals surface area contributed by atoms with Gasteiger partial charge in [-0.15, -0.1) is 11.8 Å². The van der Waals surface area contributed by atoms with Gasteiger partial charge in [0.05, 0.1) is 16.7 Å². The summed E-state index contributed by atoms with van der Waals surface area (Å²) in [5.41, 5.74) is 1.46. The van der Waals surface area contributed by atoms with Crippen molar-refractivity contribution < 1.29 is 17.9 Å². The van der Waals surface area contributed by atoms with Gasteiger partial charge in [0.25, 0.3) is 10.0 Å². The van der Waals surface area contributed by atoms with E-state index in [1.54, 1.807) is 36.4 Å². The Bertz CT molecular complexity index is 911. The first-order chi connectivity index (χ1) is 14.2. The van der Waals surface area contributed by atoms with E-state index in [2.05, 4.69) is 5.32 Å². The summed E-state index contributed by atoms with van der Waals surface area (Å²) in [5, 5.41) is 2.78.